The van der Waals surface area contributed by atoms with Gasteiger partial charge in [0.05, 0.1) is 12.7 Å². The highest BCUT2D eigenvalue weighted by Gasteiger charge is 2.19. The van der Waals surface area contributed by atoms with Crippen molar-refractivity contribution in [1.82, 2.24) is 0 Å². The first-order valence-electron chi connectivity index (χ1n) is 2.82. The van der Waals surface area contributed by atoms with Crippen LogP contribution in [0, 0.1) is 11.1 Å². The van der Waals surface area contributed by atoms with Gasteiger partial charge in [-0.15, -0.1) is 0 Å². The Bertz CT molecular complexity index is 133. The van der Waals surface area contributed by atoms with Gasteiger partial charge in [0.15, 0.2) is 0 Å². The van der Waals surface area contributed by atoms with Crippen LogP contribution in [-0.2, 0) is 9.05 Å². The molecule has 4 heteroatoms. The molecule has 1 heterocycles. The molecule has 0 aromatic rings. The molecule has 9 heavy (non-hydrogen) atoms. The van der Waals surface area contributed by atoms with E-state index in [9.17, 15) is 0 Å². The fraction of sp³-hybridized carbons (Fsp3) is 0.800. The lowest BCUT2D eigenvalue weighted by Crippen LogP contribution is -2.13. The summed E-state index contributed by atoms with van der Waals surface area (Å²) in [7, 11) is -1.20. The van der Waals surface area contributed by atoms with Gasteiger partial charge < -0.3 is 9.05 Å². The van der Waals surface area contributed by atoms with Crippen LogP contribution in [0.1, 0.15) is 13.3 Å². The molecule has 3 nitrogen and oxygen atoms in total. The van der Waals surface area contributed by atoms with Crippen molar-refractivity contribution in [2.45, 2.75) is 19.4 Å². The summed E-state index contributed by atoms with van der Waals surface area (Å²) < 4.78 is 10.1. The molecule has 0 bridgehead atoms. The lowest BCUT2D eigenvalue weighted by molar-refractivity contribution is 0.126. The Morgan fingerprint density at radius 3 is 3.00 bits per heavy atom. The molecule has 1 rings (SSSR count). The van der Waals surface area contributed by atoms with Gasteiger partial charge in [0.25, 0.3) is 8.38 Å². The lowest BCUT2D eigenvalue weighted by Gasteiger charge is -2.21. The molecular weight excluding hydrogens is 137 g/mol. The molecule has 50 valence electrons. The number of hydrogen-bond donors (Lipinski definition) is 0. The Hall–Kier alpha value is -0.160. The van der Waals surface area contributed by atoms with E-state index in [0.717, 1.165) is 6.42 Å². The molecule has 0 saturated carbocycles. The van der Waals surface area contributed by atoms with E-state index < -0.39 is 8.38 Å². The van der Waals surface area contributed by atoms with Crippen molar-refractivity contribution in [2.75, 3.05) is 6.61 Å². The van der Waals surface area contributed by atoms with E-state index in [1.807, 2.05) is 12.7 Å². The van der Waals surface area contributed by atoms with Crippen LogP contribution >= 0.6 is 8.38 Å². The van der Waals surface area contributed by atoms with E-state index in [1.165, 1.54) is 0 Å². The minimum absolute atomic E-state index is 0.199. The monoisotopic (exact) mass is 145 g/mol. The number of rotatable bonds is 0. The third kappa shape index (κ3) is 1.91. The molecule has 2 unspecified atom stereocenters. The minimum Gasteiger partial charge on any atom is -0.323 e. The summed E-state index contributed by atoms with van der Waals surface area (Å²) in [5, 5.41) is 8.34. The van der Waals surface area contributed by atoms with Gasteiger partial charge in [0, 0.05) is 0 Å². The average Bonchev–Trinajstić information content (AvgIpc) is 1.88. The van der Waals surface area contributed by atoms with Crippen LogP contribution in [-0.4, -0.2) is 12.7 Å². The van der Waals surface area contributed by atoms with E-state index >= 15 is 0 Å². The average molecular weight is 145 g/mol. The van der Waals surface area contributed by atoms with Crippen molar-refractivity contribution in [3.63, 3.8) is 0 Å². The molecule has 0 amide bonds. The van der Waals surface area contributed by atoms with Crippen LogP contribution in [0.15, 0.2) is 0 Å². The molecule has 1 saturated heterocycles. The van der Waals surface area contributed by atoms with Crippen LogP contribution in [0.2, 0.25) is 0 Å². The highest BCUT2D eigenvalue weighted by atomic mass is 31.2. The Kier molecular flexibility index (Phi) is 2.41. The molecule has 0 N–H and O–H groups in total. The van der Waals surface area contributed by atoms with E-state index in [0.29, 0.717) is 6.61 Å². The van der Waals surface area contributed by atoms with Gasteiger partial charge in [-0.1, -0.05) is 0 Å². The third-order valence-corrected chi connectivity index (χ3v) is 2.22. The zero-order valence-electron chi connectivity index (χ0n) is 5.20. The molecule has 1 aliphatic rings. The summed E-state index contributed by atoms with van der Waals surface area (Å²) in [5.74, 6) is 1.95. The Balaban J connectivity index is 2.34. The predicted octanol–water partition coefficient (Wildman–Crippen LogP) is 1.60. The van der Waals surface area contributed by atoms with Crippen molar-refractivity contribution < 1.29 is 9.05 Å². The maximum absolute atomic E-state index is 8.34. The van der Waals surface area contributed by atoms with Crippen molar-refractivity contribution >= 4 is 8.38 Å². The van der Waals surface area contributed by atoms with Gasteiger partial charge in [-0.25, -0.2) is 0 Å². The Morgan fingerprint density at radius 1 is 1.78 bits per heavy atom. The Morgan fingerprint density at radius 2 is 2.56 bits per heavy atom. The second kappa shape index (κ2) is 3.12. The topological polar surface area (TPSA) is 42.2 Å². The van der Waals surface area contributed by atoms with Gasteiger partial charge in [-0.05, 0) is 13.3 Å². The summed E-state index contributed by atoms with van der Waals surface area (Å²) in [6, 6.07) is 0. The third-order valence-electron chi connectivity index (χ3n) is 1.09. The van der Waals surface area contributed by atoms with Gasteiger partial charge in [0.1, 0.15) is 5.81 Å². The summed E-state index contributed by atoms with van der Waals surface area (Å²) in [5.41, 5.74) is 0. The second-order valence-electron chi connectivity index (χ2n) is 1.90. The fourth-order valence-corrected chi connectivity index (χ4v) is 1.47. The first kappa shape index (κ1) is 6.95. The molecule has 0 aromatic heterocycles. The zero-order chi connectivity index (χ0) is 6.69. The first-order chi connectivity index (χ1) is 4.33. The Labute approximate surface area is 55.5 Å². The summed E-state index contributed by atoms with van der Waals surface area (Å²) in [4.78, 5) is 0. The number of nitrogens with zero attached hydrogens (tertiary/aromatic N) is 1. The van der Waals surface area contributed by atoms with E-state index in [2.05, 4.69) is 0 Å². The molecule has 0 spiro atoms. The molecule has 0 aliphatic carbocycles. The maximum Gasteiger partial charge on any atom is 0.285 e. The van der Waals surface area contributed by atoms with Gasteiger partial charge in [-0.3, -0.25) is 0 Å². The quantitative estimate of drug-likeness (QED) is 0.486. The van der Waals surface area contributed by atoms with Gasteiger partial charge in [0.2, 0.25) is 0 Å². The van der Waals surface area contributed by atoms with Crippen LogP contribution in [0.25, 0.3) is 0 Å². The number of nitriles is 1. The van der Waals surface area contributed by atoms with Crippen molar-refractivity contribution in [2.24, 2.45) is 0 Å². The molecule has 0 aromatic carbocycles. The zero-order valence-corrected chi connectivity index (χ0v) is 6.10. The highest BCUT2D eigenvalue weighted by Crippen LogP contribution is 2.41. The second-order valence-corrected chi connectivity index (χ2v) is 3.08. The molecular formula is C5H8NO2P. The van der Waals surface area contributed by atoms with Gasteiger partial charge in [-0.2, -0.15) is 5.26 Å². The summed E-state index contributed by atoms with van der Waals surface area (Å²) >= 11 is 0. The minimum atomic E-state index is -1.20. The maximum atomic E-state index is 8.34. The number of hydrogen-bond acceptors (Lipinski definition) is 3. The van der Waals surface area contributed by atoms with E-state index in [-0.39, 0.29) is 6.10 Å². The van der Waals surface area contributed by atoms with Crippen LogP contribution in [0.3, 0.4) is 0 Å². The highest BCUT2D eigenvalue weighted by molar-refractivity contribution is 7.52. The van der Waals surface area contributed by atoms with E-state index in [1.54, 1.807) is 0 Å². The van der Waals surface area contributed by atoms with Crippen molar-refractivity contribution in [3.8, 4) is 5.81 Å². The van der Waals surface area contributed by atoms with Crippen LogP contribution in [0.4, 0.5) is 0 Å². The molecule has 0 radical (unpaired) electrons. The lowest BCUT2D eigenvalue weighted by atomic mass is 10.3. The normalized spacial score (nSPS) is 35.6. The molecule has 2 atom stereocenters. The first-order valence-corrected chi connectivity index (χ1v) is 4.00. The molecule has 1 aliphatic heterocycles. The standard InChI is InChI=1S/C5H8NO2P/c1-5-2-3-7-9(4-6)8-5/h5H,2-3H2,1H3. The van der Waals surface area contributed by atoms with Crippen LogP contribution < -0.4 is 0 Å². The predicted molar refractivity (Wildman–Crippen MR) is 33.6 cm³/mol. The SMILES string of the molecule is CC1CCOP(C#N)O1. The smallest absolute Gasteiger partial charge is 0.285 e. The summed E-state index contributed by atoms with van der Waals surface area (Å²) in [6.45, 7) is 2.62. The van der Waals surface area contributed by atoms with Crippen LogP contribution in [0.5, 0.6) is 0 Å². The van der Waals surface area contributed by atoms with Crippen molar-refractivity contribution in [1.29, 1.82) is 5.26 Å². The van der Waals surface area contributed by atoms with E-state index in [4.69, 9.17) is 14.3 Å². The fourth-order valence-electron chi connectivity index (χ4n) is 0.601. The summed E-state index contributed by atoms with van der Waals surface area (Å²) in [6.07, 6.45) is 1.10. The largest absolute Gasteiger partial charge is 0.323 e. The van der Waals surface area contributed by atoms with Gasteiger partial charge >= 0.3 is 0 Å². The molecule has 1 fully saturated rings. The van der Waals surface area contributed by atoms with Crippen molar-refractivity contribution in [3.05, 3.63) is 0 Å².